The van der Waals surface area contributed by atoms with Crippen LogP contribution in [0.15, 0.2) is 36.4 Å². The molecule has 0 bridgehead atoms. The minimum absolute atomic E-state index is 0.300. The molecule has 0 saturated heterocycles. The molecule has 0 spiro atoms. The lowest BCUT2D eigenvalue weighted by molar-refractivity contribution is -0.123. The van der Waals surface area contributed by atoms with Crippen LogP contribution in [0.25, 0.3) is 0 Å². The van der Waals surface area contributed by atoms with E-state index in [1.165, 1.54) is 12.2 Å². The van der Waals surface area contributed by atoms with Crippen molar-refractivity contribution in [3.63, 3.8) is 0 Å². The van der Waals surface area contributed by atoms with Crippen molar-refractivity contribution in [1.82, 2.24) is 10.6 Å². The van der Waals surface area contributed by atoms with Crippen LogP contribution in [-0.2, 0) is 9.59 Å². The van der Waals surface area contributed by atoms with E-state index in [0.717, 1.165) is 0 Å². The molecule has 2 heterocycles. The zero-order valence-electron chi connectivity index (χ0n) is 9.10. The topological polar surface area (TPSA) is 92.3 Å². The standard InChI is InChI=1S/C8H5NO2.C4H3NO2/c10-7-5-3-1-2-4-6(5)8(11)9-7;6-3-1-2-4(7)5-3/h1-4H,(H,9,10,11);1-2H,(H,5,6,7). The van der Waals surface area contributed by atoms with Crippen LogP contribution in [0, 0.1) is 0 Å². The maximum atomic E-state index is 10.9. The summed E-state index contributed by atoms with van der Waals surface area (Å²) in [5.74, 6) is -1.26. The summed E-state index contributed by atoms with van der Waals surface area (Å²) in [6.07, 6.45) is 2.39. The third-order valence-electron chi connectivity index (χ3n) is 2.28. The van der Waals surface area contributed by atoms with Crippen LogP contribution in [0.5, 0.6) is 0 Å². The molecular weight excluding hydrogens is 236 g/mol. The molecule has 0 saturated carbocycles. The van der Waals surface area contributed by atoms with Crippen LogP contribution in [0.4, 0.5) is 0 Å². The van der Waals surface area contributed by atoms with Gasteiger partial charge >= 0.3 is 0 Å². The van der Waals surface area contributed by atoms with E-state index in [-0.39, 0.29) is 23.6 Å². The van der Waals surface area contributed by atoms with E-state index < -0.39 is 0 Å². The molecule has 0 aliphatic carbocycles. The highest BCUT2D eigenvalue weighted by Crippen LogP contribution is 2.13. The molecule has 6 heteroatoms. The third-order valence-corrected chi connectivity index (χ3v) is 2.28. The van der Waals surface area contributed by atoms with Gasteiger partial charge in [0.1, 0.15) is 0 Å². The summed E-state index contributed by atoms with van der Waals surface area (Å²) < 4.78 is 0. The maximum Gasteiger partial charge on any atom is 0.258 e. The lowest BCUT2D eigenvalue weighted by Gasteiger charge is -1.88. The molecule has 0 aromatic heterocycles. The number of carbonyl (C=O) groups is 4. The molecule has 2 aliphatic heterocycles. The van der Waals surface area contributed by atoms with E-state index in [4.69, 9.17) is 0 Å². The molecule has 3 rings (SSSR count). The van der Waals surface area contributed by atoms with Crippen LogP contribution in [0.2, 0.25) is 0 Å². The molecule has 0 radical (unpaired) electrons. The van der Waals surface area contributed by atoms with Crippen molar-refractivity contribution in [2.75, 3.05) is 0 Å². The van der Waals surface area contributed by atoms with Crippen LogP contribution in [0.3, 0.4) is 0 Å². The first-order chi connectivity index (χ1) is 8.58. The van der Waals surface area contributed by atoms with Gasteiger partial charge < -0.3 is 0 Å². The Morgan fingerprint density at radius 2 is 1.11 bits per heavy atom. The van der Waals surface area contributed by atoms with E-state index in [1.54, 1.807) is 24.3 Å². The molecule has 2 N–H and O–H groups in total. The number of carbonyl (C=O) groups excluding carboxylic acids is 4. The van der Waals surface area contributed by atoms with Gasteiger partial charge in [0.05, 0.1) is 11.1 Å². The molecule has 4 amide bonds. The number of imide groups is 2. The Kier molecular flexibility index (Phi) is 3.01. The van der Waals surface area contributed by atoms with E-state index in [0.29, 0.717) is 11.1 Å². The Morgan fingerprint density at radius 3 is 1.44 bits per heavy atom. The maximum absolute atomic E-state index is 10.9. The number of hydrogen-bond donors (Lipinski definition) is 2. The fourth-order valence-electron chi connectivity index (χ4n) is 1.47. The number of rotatable bonds is 0. The minimum Gasteiger partial charge on any atom is -0.289 e. The first kappa shape index (κ1) is 11.7. The summed E-state index contributed by atoms with van der Waals surface area (Å²) in [6, 6.07) is 6.74. The van der Waals surface area contributed by atoms with Crippen LogP contribution in [0.1, 0.15) is 20.7 Å². The zero-order chi connectivity index (χ0) is 13.1. The predicted octanol–water partition coefficient (Wildman–Crippen LogP) is -0.231. The van der Waals surface area contributed by atoms with Crippen LogP contribution >= 0.6 is 0 Å². The highest BCUT2D eigenvalue weighted by molar-refractivity contribution is 6.21. The van der Waals surface area contributed by atoms with E-state index in [2.05, 4.69) is 5.32 Å². The van der Waals surface area contributed by atoms with Gasteiger partial charge in [0, 0.05) is 12.2 Å². The minimum atomic E-state index is -0.329. The van der Waals surface area contributed by atoms with Crippen molar-refractivity contribution in [2.45, 2.75) is 0 Å². The summed E-state index contributed by atoms with van der Waals surface area (Å²) in [6.45, 7) is 0. The van der Waals surface area contributed by atoms with Crippen LogP contribution in [-0.4, -0.2) is 23.6 Å². The molecule has 18 heavy (non-hydrogen) atoms. The summed E-state index contributed by atoms with van der Waals surface area (Å²) in [5.41, 5.74) is 0.940. The Labute approximate surface area is 102 Å². The summed E-state index contributed by atoms with van der Waals surface area (Å²) in [7, 11) is 0. The summed E-state index contributed by atoms with van der Waals surface area (Å²) >= 11 is 0. The third kappa shape index (κ3) is 2.32. The average molecular weight is 244 g/mol. The number of hydrogen-bond acceptors (Lipinski definition) is 4. The highest BCUT2D eigenvalue weighted by Gasteiger charge is 2.25. The number of nitrogens with one attached hydrogen (secondary N) is 2. The van der Waals surface area contributed by atoms with Crippen molar-refractivity contribution in [1.29, 1.82) is 0 Å². The van der Waals surface area contributed by atoms with E-state index >= 15 is 0 Å². The lowest BCUT2D eigenvalue weighted by Crippen LogP contribution is -2.19. The van der Waals surface area contributed by atoms with E-state index in [1.807, 2.05) is 5.32 Å². The van der Waals surface area contributed by atoms with Crippen molar-refractivity contribution in [3.8, 4) is 0 Å². The van der Waals surface area contributed by atoms with Gasteiger partial charge in [-0.1, -0.05) is 12.1 Å². The highest BCUT2D eigenvalue weighted by atomic mass is 16.2. The molecule has 90 valence electrons. The monoisotopic (exact) mass is 244 g/mol. The van der Waals surface area contributed by atoms with Gasteiger partial charge in [-0.15, -0.1) is 0 Å². The van der Waals surface area contributed by atoms with E-state index in [9.17, 15) is 19.2 Å². The average Bonchev–Trinajstić information content (AvgIpc) is 2.85. The van der Waals surface area contributed by atoms with Gasteiger partial charge in [-0.25, -0.2) is 0 Å². The largest absolute Gasteiger partial charge is 0.289 e. The Bertz CT molecular complexity index is 540. The predicted molar refractivity (Wildman–Crippen MR) is 60.5 cm³/mol. The second kappa shape index (κ2) is 4.62. The molecular formula is C12H8N2O4. The molecule has 1 aromatic carbocycles. The smallest absolute Gasteiger partial charge is 0.258 e. The molecule has 1 aromatic rings. The number of fused-ring (bicyclic) bond motifs is 1. The first-order valence-corrected chi connectivity index (χ1v) is 5.05. The molecule has 0 unspecified atom stereocenters. The van der Waals surface area contributed by atoms with Crippen molar-refractivity contribution < 1.29 is 19.2 Å². The molecule has 0 fully saturated rings. The number of amides is 4. The lowest BCUT2D eigenvalue weighted by atomic mass is 10.1. The Hall–Kier alpha value is -2.76. The second-order valence-electron chi connectivity index (χ2n) is 3.52. The SMILES string of the molecule is O=C1C=CC(=O)N1.O=C1NC(=O)c2ccccc21. The normalized spacial score (nSPS) is 15.8. The summed E-state index contributed by atoms with van der Waals surface area (Å²) in [4.78, 5) is 42.0. The van der Waals surface area contributed by atoms with Gasteiger partial charge in [0.2, 0.25) is 0 Å². The van der Waals surface area contributed by atoms with Gasteiger partial charge in [-0.3, -0.25) is 29.8 Å². The Morgan fingerprint density at radius 1 is 0.667 bits per heavy atom. The number of benzene rings is 1. The van der Waals surface area contributed by atoms with Gasteiger partial charge in [0.15, 0.2) is 0 Å². The fraction of sp³-hybridized carbons (Fsp3) is 0. The quantitative estimate of drug-likeness (QED) is 0.616. The van der Waals surface area contributed by atoms with Crippen molar-refractivity contribution in [2.24, 2.45) is 0 Å². The van der Waals surface area contributed by atoms with Crippen molar-refractivity contribution >= 4 is 23.6 Å². The van der Waals surface area contributed by atoms with Gasteiger partial charge in [-0.05, 0) is 12.1 Å². The van der Waals surface area contributed by atoms with Crippen LogP contribution < -0.4 is 10.6 Å². The van der Waals surface area contributed by atoms with Gasteiger partial charge in [-0.2, -0.15) is 0 Å². The molecule has 6 nitrogen and oxygen atoms in total. The fourth-order valence-corrected chi connectivity index (χ4v) is 1.47. The van der Waals surface area contributed by atoms with Gasteiger partial charge in [0.25, 0.3) is 23.6 Å². The molecule has 0 atom stereocenters. The zero-order valence-corrected chi connectivity index (χ0v) is 9.10. The Balaban J connectivity index is 0.000000149. The second-order valence-corrected chi connectivity index (χ2v) is 3.52. The summed E-state index contributed by atoms with van der Waals surface area (Å²) in [5, 5.41) is 4.23. The van der Waals surface area contributed by atoms with Crippen molar-refractivity contribution in [3.05, 3.63) is 47.5 Å². The molecule has 2 aliphatic rings. The first-order valence-electron chi connectivity index (χ1n) is 5.05.